The Morgan fingerprint density at radius 1 is 1.33 bits per heavy atom. The van der Waals surface area contributed by atoms with Gasteiger partial charge in [0.1, 0.15) is 5.78 Å². The molecule has 0 aromatic carbocycles. The van der Waals surface area contributed by atoms with Gasteiger partial charge in [-0.05, 0) is 13.3 Å². The maximum Gasteiger partial charge on any atom is 0.129 e. The van der Waals surface area contributed by atoms with Crippen molar-refractivity contribution in [3.63, 3.8) is 0 Å². The number of Topliss-reactive ketones (excluding diaryl/α,β-unsaturated/α-hetero) is 1. The van der Waals surface area contributed by atoms with Crippen LogP contribution in [-0.4, -0.2) is 5.78 Å². The molecule has 0 heterocycles. The Kier molecular flexibility index (Phi) is 9.63. The Morgan fingerprint density at radius 2 is 1.89 bits per heavy atom. The van der Waals surface area contributed by atoms with Crippen molar-refractivity contribution in [2.75, 3.05) is 0 Å². The lowest BCUT2D eigenvalue weighted by atomic mass is 10.2. The van der Waals surface area contributed by atoms with Gasteiger partial charge in [0.05, 0.1) is 0 Å². The van der Waals surface area contributed by atoms with Gasteiger partial charge in [0.2, 0.25) is 0 Å². The molecule has 56 valence electrons. The van der Waals surface area contributed by atoms with E-state index < -0.39 is 0 Å². The first-order valence-corrected chi connectivity index (χ1v) is 3.26. The summed E-state index contributed by atoms with van der Waals surface area (Å²) in [7, 11) is 0. The van der Waals surface area contributed by atoms with Gasteiger partial charge in [-0.2, -0.15) is 0 Å². The van der Waals surface area contributed by atoms with E-state index in [0.29, 0.717) is 5.78 Å². The van der Waals surface area contributed by atoms with Gasteiger partial charge in [-0.3, -0.25) is 4.70 Å². The Bertz CT molecular complexity index is 71.3. The number of hydrogen-bond donors (Lipinski definition) is 0. The number of halogens is 1. The molecular formula is C7H15FO. The standard InChI is InChI=1S/C7H14O.FH/c1-3-4-5-6-7(2)8;/h3-6H2,1-2H3;1H. The molecule has 0 rings (SSSR count). The summed E-state index contributed by atoms with van der Waals surface area (Å²) in [4.78, 5) is 10.3. The van der Waals surface area contributed by atoms with Gasteiger partial charge in [0.25, 0.3) is 0 Å². The highest BCUT2D eigenvalue weighted by Crippen LogP contribution is 1.98. The zero-order valence-corrected chi connectivity index (χ0v) is 6.14. The second-order valence-electron chi connectivity index (χ2n) is 2.16. The largest absolute Gasteiger partial charge is 0.300 e. The van der Waals surface area contributed by atoms with Crippen LogP contribution in [0.3, 0.4) is 0 Å². The highest BCUT2D eigenvalue weighted by atomic mass is 19.0. The first kappa shape index (κ1) is 11.4. The second kappa shape index (κ2) is 7.60. The highest BCUT2D eigenvalue weighted by Gasteiger charge is 1.89. The van der Waals surface area contributed by atoms with Gasteiger partial charge in [0.15, 0.2) is 0 Å². The summed E-state index contributed by atoms with van der Waals surface area (Å²) in [6.45, 7) is 3.79. The maximum absolute atomic E-state index is 10.3. The molecule has 2 heteroatoms. The van der Waals surface area contributed by atoms with E-state index in [1.54, 1.807) is 6.92 Å². The van der Waals surface area contributed by atoms with Crippen molar-refractivity contribution in [3.8, 4) is 0 Å². The summed E-state index contributed by atoms with van der Waals surface area (Å²) < 4.78 is 0. The van der Waals surface area contributed by atoms with Crippen molar-refractivity contribution in [2.45, 2.75) is 39.5 Å². The minimum absolute atomic E-state index is 0. The van der Waals surface area contributed by atoms with Crippen molar-refractivity contribution in [1.29, 1.82) is 0 Å². The molecule has 0 unspecified atom stereocenters. The lowest BCUT2D eigenvalue weighted by Crippen LogP contribution is -1.87. The molecule has 0 aliphatic heterocycles. The molecule has 0 amide bonds. The molecule has 0 fully saturated rings. The molecule has 0 spiro atoms. The quantitative estimate of drug-likeness (QED) is 0.539. The number of ketones is 1. The van der Waals surface area contributed by atoms with Crippen molar-refractivity contribution in [2.24, 2.45) is 0 Å². The number of carbonyl (C=O) groups excluding carboxylic acids is 1. The van der Waals surface area contributed by atoms with Gasteiger partial charge < -0.3 is 4.79 Å². The van der Waals surface area contributed by atoms with Crippen molar-refractivity contribution in [1.82, 2.24) is 0 Å². The topological polar surface area (TPSA) is 17.1 Å². The highest BCUT2D eigenvalue weighted by molar-refractivity contribution is 5.75. The summed E-state index contributed by atoms with van der Waals surface area (Å²) in [6.07, 6.45) is 4.24. The van der Waals surface area contributed by atoms with Crippen LogP contribution in [0.25, 0.3) is 0 Å². The van der Waals surface area contributed by atoms with Gasteiger partial charge in [0, 0.05) is 6.42 Å². The molecule has 0 atom stereocenters. The molecule has 0 aliphatic carbocycles. The van der Waals surface area contributed by atoms with Gasteiger partial charge in [-0.25, -0.2) is 0 Å². The first-order chi connectivity index (χ1) is 3.77. The lowest BCUT2D eigenvalue weighted by molar-refractivity contribution is -0.117. The van der Waals surface area contributed by atoms with Crippen LogP contribution in [0.2, 0.25) is 0 Å². The van der Waals surface area contributed by atoms with E-state index in [4.69, 9.17) is 0 Å². The molecule has 0 N–H and O–H groups in total. The summed E-state index contributed by atoms with van der Waals surface area (Å²) in [5.74, 6) is 0.318. The van der Waals surface area contributed by atoms with Crippen LogP contribution in [-0.2, 0) is 4.79 Å². The molecule has 0 bridgehead atoms. The predicted octanol–water partition coefficient (Wildman–Crippen LogP) is 2.31. The predicted molar refractivity (Wildman–Crippen MR) is 37.3 cm³/mol. The average Bonchev–Trinajstić information content (AvgIpc) is 1.66. The summed E-state index contributed by atoms with van der Waals surface area (Å²) in [5, 5.41) is 0. The molecule has 0 saturated carbocycles. The second-order valence-corrected chi connectivity index (χ2v) is 2.16. The fourth-order valence-corrected chi connectivity index (χ4v) is 0.624. The zero-order chi connectivity index (χ0) is 6.41. The molecule has 9 heavy (non-hydrogen) atoms. The number of unbranched alkanes of at least 4 members (excludes halogenated alkanes) is 2. The number of carbonyl (C=O) groups is 1. The summed E-state index contributed by atoms with van der Waals surface area (Å²) >= 11 is 0. The van der Waals surface area contributed by atoms with Gasteiger partial charge in [-0.15, -0.1) is 0 Å². The van der Waals surface area contributed by atoms with Crippen LogP contribution in [0.5, 0.6) is 0 Å². The van der Waals surface area contributed by atoms with Crippen LogP contribution < -0.4 is 0 Å². The maximum atomic E-state index is 10.3. The third-order valence-corrected chi connectivity index (χ3v) is 1.13. The SMILES string of the molecule is CCCCCC(C)=O.F. The first-order valence-electron chi connectivity index (χ1n) is 3.26. The molecular weight excluding hydrogens is 119 g/mol. The summed E-state index contributed by atoms with van der Waals surface area (Å²) in [6, 6.07) is 0. The summed E-state index contributed by atoms with van der Waals surface area (Å²) in [5.41, 5.74) is 0. The molecule has 1 nitrogen and oxygen atoms in total. The fraction of sp³-hybridized carbons (Fsp3) is 0.857. The normalized spacial score (nSPS) is 8.22. The van der Waals surface area contributed by atoms with Crippen molar-refractivity contribution in [3.05, 3.63) is 0 Å². The Hall–Kier alpha value is -0.400. The van der Waals surface area contributed by atoms with E-state index >= 15 is 0 Å². The van der Waals surface area contributed by atoms with E-state index in [1.165, 1.54) is 12.8 Å². The minimum atomic E-state index is 0. The van der Waals surface area contributed by atoms with Crippen molar-refractivity contribution >= 4 is 5.78 Å². The van der Waals surface area contributed by atoms with Crippen LogP contribution >= 0.6 is 0 Å². The van der Waals surface area contributed by atoms with Gasteiger partial charge in [-0.1, -0.05) is 19.8 Å². The van der Waals surface area contributed by atoms with E-state index in [0.717, 1.165) is 12.8 Å². The molecule has 0 aliphatic rings. The van der Waals surface area contributed by atoms with Crippen LogP contribution in [0.15, 0.2) is 0 Å². The fourth-order valence-electron chi connectivity index (χ4n) is 0.624. The average molecular weight is 134 g/mol. The molecule has 0 radical (unpaired) electrons. The number of rotatable bonds is 4. The van der Waals surface area contributed by atoms with Gasteiger partial charge >= 0.3 is 0 Å². The monoisotopic (exact) mass is 134 g/mol. The Morgan fingerprint density at radius 3 is 2.22 bits per heavy atom. The third kappa shape index (κ3) is 11.3. The molecule has 0 saturated heterocycles. The third-order valence-electron chi connectivity index (χ3n) is 1.13. The zero-order valence-electron chi connectivity index (χ0n) is 6.14. The molecule has 0 aromatic heterocycles. The smallest absolute Gasteiger partial charge is 0.129 e. The van der Waals surface area contributed by atoms with Crippen molar-refractivity contribution < 1.29 is 9.50 Å². The van der Waals surface area contributed by atoms with Crippen LogP contribution in [0.1, 0.15) is 39.5 Å². The van der Waals surface area contributed by atoms with E-state index in [1.807, 2.05) is 0 Å². The molecule has 0 aromatic rings. The Balaban J connectivity index is 0. The van der Waals surface area contributed by atoms with E-state index in [2.05, 4.69) is 6.92 Å². The van der Waals surface area contributed by atoms with Crippen LogP contribution in [0.4, 0.5) is 4.70 Å². The van der Waals surface area contributed by atoms with E-state index in [-0.39, 0.29) is 4.70 Å². The minimum Gasteiger partial charge on any atom is -0.300 e. The van der Waals surface area contributed by atoms with Crippen LogP contribution in [0, 0.1) is 0 Å². The van der Waals surface area contributed by atoms with E-state index in [9.17, 15) is 4.79 Å². The number of hydrogen-bond acceptors (Lipinski definition) is 1. The Labute approximate surface area is 55.8 Å². The lowest BCUT2D eigenvalue weighted by Gasteiger charge is -1.90.